The third-order valence-electron chi connectivity index (χ3n) is 3.23. The van der Waals surface area contributed by atoms with Gasteiger partial charge in [-0.3, -0.25) is 0 Å². The van der Waals surface area contributed by atoms with Crippen molar-refractivity contribution in [1.29, 1.82) is 0 Å². The summed E-state index contributed by atoms with van der Waals surface area (Å²) in [6, 6.07) is 0.275. The Labute approximate surface area is 93.2 Å². The van der Waals surface area contributed by atoms with Gasteiger partial charge in [-0.25, -0.2) is 0 Å². The van der Waals surface area contributed by atoms with Gasteiger partial charge >= 0.3 is 0 Å². The van der Waals surface area contributed by atoms with E-state index in [1.807, 2.05) is 7.05 Å². The summed E-state index contributed by atoms with van der Waals surface area (Å²) in [4.78, 5) is 0. The van der Waals surface area contributed by atoms with Crippen molar-refractivity contribution in [1.82, 2.24) is 5.32 Å². The average Bonchev–Trinajstić information content (AvgIpc) is 2.31. The summed E-state index contributed by atoms with van der Waals surface area (Å²) in [7, 11) is 1.91. The van der Waals surface area contributed by atoms with Gasteiger partial charge in [0.05, 0.1) is 12.7 Å². The minimum atomic E-state index is 0.246. The molecule has 3 heteroatoms. The summed E-state index contributed by atoms with van der Waals surface area (Å²) in [5, 5.41) is 12.1. The number of nitrogens with one attached hydrogen (secondary N) is 1. The highest BCUT2D eigenvalue weighted by atomic mass is 16.5. The van der Waals surface area contributed by atoms with E-state index in [4.69, 9.17) is 9.84 Å². The highest BCUT2D eigenvalue weighted by Crippen LogP contribution is 2.18. The lowest BCUT2D eigenvalue weighted by atomic mass is 10.0. The first-order chi connectivity index (χ1) is 7.36. The number of hydrogen-bond acceptors (Lipinski definition) is 3. The van der Waals surface area contributed by atoms with Crippen LogP contribution in [0.5, 0.6) is 0 Å². The Balaban J connectivity index is 1.95. The van der Waals surface area contributed by atoms with Gasteiger partial charge in [0.1, 0.15) is 0 Å². The van der Waals surface area contributed by atoms with Crippen LogP contribution < -0.4 is 5.32 Å². The molecule has 3 nitrogen and oxygen atoms in total. The SMILES string of the molecule is CNC(CO)CCCCC1CCCCO1. The van der Waals surface area contributed by atoms with Crippen molar-refractivity contribution in [2.24, 2.45) is 0 Å². The molecule has 1 saturated heterocycles. The maximum absolute atomic E-state index is 8.99. The molecule has 0 aromatic rings. The van der Waals surface area contributed by atoms with E-state index in [9.17, 15) is 0 Å². The van der Waals surface area contributed by atoms with Crippen LogP contribution in [0.4, 0.5) is 0 Å². The molecule has 2 atom stereocenters. The normalized spacial score (nSPS) is 24.0. The fourth-order valence-corrected chi connectivity index (χ4v) is 2.12. The highest BCUT2D eigenvalue weighted by Gasteiger charge is 2.13. The minimum absolute atomic E-state index is 0.246. The molecule has 2 unspecified atom stereocenters. The number of rotatable bonds is 7. The van der Waals surface area contributed by atoms with E-state index in [0.717, 1.165) is 13.0 Å². The van der Waals surface area contributed by atoms with E-state index in [-0.39, 0.29) is 12.6 Å². The number of hydrogen-bond donors (Lipinski definition) is 2. The van der Waals surface area contributed by atoms with Gasteiger partial charge in [-0.1, -0.05) is 12.8 Å². The van der Waals surface area contributed by atoms with Gasteiger partial charge < -0.3 is 15.2 Å². The van der Waals surface area contributed by atoms with Crippen LogP contribution in [0, 0.1) is 0 Å². The van der Waals surface area contributed by atoms with Crippen molar-refractivity contribution in [3.8, 4) is 0 Å². The summed E-state index contributed by atoms with van der Waals surface area (Å²) in [5.74, 6) is 0. The Bertz CT molecular complexity index is 143. The molecule has 90 valence electrons. The third kappa shape index (κ3) is 5.50. The zero-order chi connectivity index (χ0) is 10.9. The lowest BCUT2D eigenvalue weighted by Gasteiger charge is -2.22. The summed E-state index contributed by atoms with van der Waals surface area (Å²) in [5.41, 5.74) is 0. The molecule has 0 aromatic heterocycles. The molecule has 15 heavy (non-hydrogen) atoms. The molecule has 0 aliphatic carbocycles. The van der Waals surface area contributed by atoms with E-state index in [1.165, 1.54) is 38.5 Å². The lowest BCUT2D eigenvalue weighted by molar-refractivity contribution is 0.00964. The van der Waals surface area contributed by atoms with Gasteiger partial charge in [0, 0.05) is 12.6 Å². The second kappa shape index (κ2) is 8.08. The number of ether oxygens (including phenoxy) is 1. The first kappa shape index (κ1) is 12.9. The lowest BCUT2D eigenvalue weighted by Crippen LogP contribution is -2.28. The second-order valence-electron chi connectivity index (χ2n) is 4.44. The van der Waals surface area contributed by atoms with Crippen LogP contribution in [0.2, 0.25) is 0 Å². The summed E-state index contributed by atoms with van der Waals surface area (Å²) in [6.07, 6.45) is 9.01. The Morgan fingerprint density at radius 3 is 2.87 bits per heavy atom. The smallest absolute Gasteiger partial charge is 0.0584 e. The molecule has 1 heterocycles. The highest BCUT2D eigenvalue weighted by molar-refractivity contribution is 4.66. The molecule has 1 fully saturated rings. The fraction of sp³-hybridized carbons (Fsp3) is 1.00. The molecule has 1 aliphatic rings. The first-order valence-electron chi connectivity index (χ1n) is 6.26. The summed E-state index contributed by atoms with van der Waals surface area (Å²) < 4.78 is 5.67. The monoisotopic (exact) mass is 215 g/mol. The van der Waals surface area contributed by atoms with Crippen molar-refractivity contribution in [2.45, 2.75) is 57.1 Å². The van der Waals surface area contributed by atoms with E-state index in [1.54, 1.807) is 0 Å². The minimum Gasteiger partial charge on any atom is -0.395 e. The number of unbranched alkanes of at least 4 members (excludes halogenated alkanes) is 1. The average molecular weight is 215 g/mol. The topological polar surface area (TPSA) is 41.5 Å². The van der Waals surface area contributed by atoms with E-state index in [2.05, 4.69) is 5.32 Å². The van der Waals surface area contributed by atoms with Crippen LogP contribution in [0.1, 0.15) is 44.9 Å². The third-order valence-corrected chi connectivity index (χ3v) is 3.23. The molecule has 0 amide bonds. The van der Waals surface area contributed by atoms with Crippen LogP contribution >= 0.6 is 0 Å². The molecule has 2 N–H and O–H groups in total. The molecule has 0 bridgehead atoms. The molecule has 1 rings (SSSR count). The molecule has 0 radical (unpaired) electrons. The van der Waals surface area contributed by atoms with E-state index in [0.29, 0.717) is 6.10 Å². The van der Waals surface area contributed by atoms with Crippen LogP contribution in [0.15, 0.2) is 0 Å². The Kier molecular flexibility index (Phi) is 6.98. The van der Waals surface area contributed by atoms with Crippen molar-refractivity contribution >= 4 is 0 Å². The number of aliphatic hydroxyl groups is 1. The van der Waals surface area contributed by atoms with Crippen LogP contribution in [-0.2, 0) is 4.74 Å². The Morgan fingerprint density at radius 2 is 2.27 bits per heavy atom. The quantitative estimate of drug-likeness (QED) is 0.635. The van der Waals surface area contributed by atoms with Gasteiger partial charge in [-0.15, -0.1) is 0 Å². The number of aliphatic hydroxyl groups excluding tert-OH is 1. The first-order valence-corrected chi connectivity index (χ1v) is 6.26. The van der Waals surface area contributed by atoms with Crippen LogP contribution in [0.3, 0.4) is 0 Å². The molecule has 0 saturated carbocycles. The molecule has 0 aromatic carbocycles. The predicted molar refractivity (Wildman–Crippen MR) is 62.0 cm³/mol. The van der Waals surface area contributed by atoms with Gasteiger partial charge in [0.15, 0.2) is 0 Å². The Hall–Kier alpha value is -0.120. The van der Waals surface area contributed by atoms with Crippen LogP contribution in [-0.4, -0.2) is 37.5 Å². The molecule has 0 spiro atoms. The van der Waals surface area contributed by atoms with Crippen molar-refractivity contribution < 1.29 is 9.84 Å². The van der Waals surface area contributed by atoms with E-state index < -0.39 is 0 Å². The maximum atomic E-state index is 8.99. The fourth-order valence-electron chi connectivity index (χ4n) is 2.12. The molecule has 1 aliphatic heterocycles. The van der Waals surface area contributed by atoms with Crippen molar-refractivity contribution in [3.05, 3.63) is 0 Å². The van der Waals surface area contributed by atoms with Crippen LogP contribution in [0.25, 0.3) is 0 Å². The second-order valence-corrected chi connectivity index (χ2v) is 4.44. The van der Waals surface area contributed by atoms with Crippen molar-refractivity contribution in [3.63, 3.8) is 0 Å². The molecular weight excluding hydrogens is 190 g/mol. The van der Waals surface area contributed by atoms with Gasteiger partial charge in [-0.2, -0.15) is 0 Å². The molecular formula is C12H25NO2. The largest absolute Gasteiger partial charge is 0.395 e. The van der Waals surface area contributed by atoms with E-state index >= 15 is 0 Å². The van der Waals surface area contributed by atoms with Gasteiger partial charge in [0.25, 0.3) is 0 Å². The van der Waals surface area contributed by atoms with Crippen molar-refractivity contribution in [2.75, 3.05) is 20.3 Å². The predicted octanol–water partition coefficient (Wildman–Crippen LogP) is 1.70. The maximum Gasteiger partial charge on any atom is 0.0584 e. The van der Waals surface area contributed by atoms with Gasteiger partial charge in [0.2, 0.25) is 0 Å². The summed E-state index contributed by atoms with van der Waals surface area (Å²) in [6.45, 7) is 1.21. The Morgan fingerprint density at radius 1 is 1.40 bits per heavy atom. The van der Waals surface area contributed by atoms with Gasteiger partial charge in [-0.05, 0) is 39.2 Å². The number of likely N-dealkylation sites (N-methyl/N-ethyl adjacent to an activating group) is 1. The summed E-state index contributed by atoms with van der Waals surface area (Å²) >= 11 is 0. The zero-order valence-electron chi connectivity index (χ0n) is 9.87. The standard InChI is InChI=1S/C12H25NO2/c1-13-11(10-14)6-2-3-7-12-8-4-5-9-15-12/h11-14H,2-10H2,1H3. The zero-order valence-corrected chi connectivity index (χ0v) is 9.87.